The molecule has 1 unspecified atom stereocenters. The molecule has 110 valence electrons. The quantitative estimate of drug-likeness (QED) is 0.706. The summed E-state index contributed by atoms with van der Waals surface area (Å²) in [4.78, 5) is 12.0. The third kappa shape index (κ3) is 5.07. The van der Waals surface area contributed by atoms with E-state index in [2.05, 4.69) is 6.58 Å². The second kappa shape index (κ2) is 7.12. The van der Waals surface area contributed by atoms with E-state index in [0.717, 1.165) is 10.5 Å². The fourth-order valence-corrected chi connectivity index (χ4v) is 1.91. The van der Waals surface area contributed by atoms with Gasteiger partial charge in [0.2, 0.25) is 0 Å². The lowest BCUT2D eigenvalue weighted by atomic mass is 10.1. The molecule has 0 aliphatic heterocycles. The number of carbonyl (C=O) groups is 1. The minimum atomic E-state index is -4.84. The molecule has 0 fully saturated rings. The van der Waals surface area contributed by atoms with Gasteiger partial charge in [-0.2, -0.15) is 13.2 Å². The number of carbonyl (C=O) groups excluding carboxylic acids is 1. The first-order valence-electron chi connectivity index (χ1n) is 6.37. The summed E-state index contributed by atoms with van der Waals surface area (Å²) in [5, 5.41) is 0. The Bertz CT molecular complexity index is 447. The highest BCUT2D eigenvalue weighted by atomic mass is 19.4. The van der Waals surface area contributed by atoms with Gasteiger partial charge in [0.15, 0.2) is 0 Å². The van der Waals surface area contributed by atoms with Crippen LogP contribution in [0.1, 0.15) is 13.3 Å². The molecule has 2 nitrogen and oxygen atoms in total. The van der Waals surface area contributed by atoms with Crippen LogP contribution in [0.4, 0.5) is 13.2 Å². The molecule has 1 atom stereocenters. The van der Waals surface area contributed by atoms with E-state index in [1.54, 1.807) is 0 Å². The van der Waals surface area contributed by atoms with E-state index >= 15 is 0 Å². The summed E-state index contributed by atoms with van der Waals surface area (Å²) in [7, 11) is 0. The molecule has 20 heavy (non-hydrogen) atoms. The predicted octanol–water partition coefficient (Wildman–Crippen LogP) is 3.64. The number of nitrogens with zero attached hydrogens (tertiary/aromatic N) is 1. The topological polar surface area (TPSA) is 20.3 Å². The van der Waals surface area contributed by atoms with Crippen molar-refractivity contribution < 1.29 is 18.0 Å². The molecule has 0 radical (unpaired) electrons. The van der Waals surface area contributed by atoms with Crippen molar-refractivity contribution in [2.45, 2.75) is 19.5 Å². The minimum Gasteiger partial charge on any atom is -0.331 e. The van der Waals surface area contributed by atoms with Gasteiger partial charge in [-0.15, -0.1) is 6.58 Å². The highest BCUT2D eigenvalue weighted by Gasteiger charge is 2.41. The van der Waals surface area contributed by atoms with E-state index in [0.29, 0.717) is 6.42 Å². The largest absolute Gasteiger partial charge is 0.471 e. The molecule has 0 spiro atoms. The first-order valence-corrected chi connectivity index (χ1v) is 6.37. The molecule has 1 rings (SSSR count). The maximum atomic E-state index is 12.5. The molecule has 0 saturated heterocycles. The van der Waals surface area contributed by atoms with Crippen LogP contribution in [0.2, 0.25) is 0 Å². The molecule has 1 aliphatic rings. The first kappa shape index (κ1) is 16.3. The van der Waals surface area contributed by atoms with Crippen LogP contribution in [0.15, 0.2) is 48.6 Å². The van der Waals surface area contributed by atoms with Gasteiger partial charge in [-0.25, -0.2) is 0 Å². The summed E-state index contributed by atoms with van der Waals surface area (Å²) in [5.74, 6) is -1.59. The van der Waals surface area contributed by atoms with E-state index in [1.165, 1.54) is 6.08 Å². The number of hydrogen-bond acceptors (Lipinski definition) is 1. The number of alkyl halides is 3. The summed E-state index contributed by atoms with van der Waals surface area (Å²) in [5.41, 5.74) is 0.923. The molecule has 5 heteroatoms. The van der Waals surface area contributed by atoms with Gasteiger partial charge in [-0.3, -0.25) is 4.79 Å². The van der Waals surface area contributed by atoms with Crippen molar-refractivity contribution in [2.75, 3.05) is 13.1 Å². The lowest BCUT2D eigenvalue weighted by Gasteiger charge is -2.22. The van der Waals surface area contributed by atoms with E-state index < -0.39 is 12.1 Å². The van der Waals surface area contributed by atoms with Crippen molar-refractivity contribution in [1.29, 1.82) is 0 Å². The fourth-order valence-electron chi connectivity index (χ4n) is 1.91. The van der Waals surface area contributed by atoms with Crippen LogP contribution >= 0.6 is 0 Å². The zero-order valence-electron chi connectivity index (χ0n) is 11.4. The molecule has 1 aliphatic carbocycles. The Balaban J connectivity index is 2.68. The molecule has 1 amide bonds. The van der Waals surface area contributed by atoms with Gasteiger partial charge in [-0.1, -0.05) is 43.4 Å². The summed E-state index contributed by atoms with van der Waals surface area (Å²) >= 11 is 0. The number of hydrogen-bond donors (Lipinski definition) is 0. The van der Waals surface area contributed by atoms with E-state index in [9.17, 15) is 18.0 Å². The van der Waals surface area contributed by atoms with Crippen LogP contribution in [0, 0.1) is 5.92 Å². The standard InChI is InChI=1S/C15H18F3NO/c1-3-9-19(14(20)15(16,17)18)10-8-13-7-5-4-6-12(2)11-13/h3-7,11-12H,1,8-10H2,2H3. The molecule has 0 saturated carbocycles. The van der Waals surface area contributed by atoms with E-state index in [-0.39, 0.29) is 19.0 Å². The second-order valence-corrected chi connectivity index (χ2v) is 4.63. The Morgan fingerprint density at radius 1 is 1.45 bits per heavy atom. The van der Waals surface area contributed by atoms with E-state index in [1.807, 2.05) is 37.3 Å². The van der Waals surface area contributed by atoms with Gasteiger partial charge in [0, 0.05) is 13.1 Å². The lowest BCUT2D eigenvalue weighted by molar-refractivity contribution is -0.184. The maximum Gasteiger partial charge on any atom is 0.471 e. The molecule has 0 N–H and O–H groups in total. The average molecular weight is 285 g/mol. The van der Waals surface area contributed by atoms with Crippen molar-refractivity contribution in [1.82, 2.24) is 4.90 Å². The second-order valence-electron chi connectivity index (χ2n) is 4.63. The van der Waals surface area contributed by atoms with Crippen LogP contribution in [-0.2, 0) is 4.79 Å². The zero-order chi connectivity index (χ0) is 15.2. The Morgan fingerprint density at radius 3 is 2.75 bits per heavy atom. The molecule has 0 bridgehead atoms. The predicted molar refractivity (Wildman–Crippen MR) is 73.0 cm³/mol. The highest BCUT2D eigenvalue weighted by molar-refractivity contribution is 5.82. The van der Waals surface area contributed by atoms with Gasteiger partial charge in [0.1, 0.15) is 0 Å². The van der Waals surface area contributed by atoms with Gasteiger partial charge < -0.3 is 4.90 Å². The summed E-state index contributed by atoms with van der Waals surface area (Å²) in [6, 6.07) is 0. The number of rotatable bonds is 5. The van der Waals surface area contributed by atoms with Crippen LogP contribution in [-0.4, -0.2) is 30.1 Å². The highest BCUT2D eigenvalue weighted by Crippen LogP contribution is 2.20. The summed E-state index contributed by atoms with van der Waals surface area (Å²) in [6.07, 6.45) is 6.41. The lowest BCUT2D eigenvalue weighted by Crippen LogP contribution is -2.41. The van der Waals surface area contributed by atoms with Crippen LogP contribution in [0.25, 0.3) is 0 Å². The van der Waals surface area contributed by atoms with Crippen molar-refractivity contribution in [3.63, 3.8) is 0 Å². The molecular formula is C15H18F3NO. The van der Waals surface area contributed by atoms with Gasteiger partial charge in [-0.05, 0) is 17.9 Å². The smallest absolute Gasteiger partial charge is 0.331 e. The SMILES string of the molecule is C=CCN(CCC1=CC(C)C=CC=C1)C(=O)C(F)(F)F. The third-order valence-electron chi connectivity index (χ3n) is 2.86. The van der Waals surface area contributed by atoms with E-state index in [4.69, 9.17) is 0 Å². The van der Waals surface area contributed by atoms with Crippen LogP contribution in [0.3, 0.4) is 0 Å². The van der Waals surface area contributed by atoms with Crippen molar-refractivity contribution >= 4 is 5.91 Å². The van der Waals surface area contributed by atoms with Crippen molar-refractivity contribution in [2.24, 2.45) is 5.92 Å². The Hall–Kier alpha value is -1.78. The van der Waals surface area contributed by atoms with Crippen molar-refractivity contribution in [3.05, 3.63) is 48.6 Å². The Kier molecular flexibility index (Phi) is 5.80. The van der Waals surface area contributed by atoms with Gasteiger partial charge >= 0.3 is 12.1 Å². The van der Waals surface area contributed by atoms with Gasteiger partial charge in [0.05, 0.1) is 0 Å². The number of amides is 1. The number of halogens is 3. The minimum absolute atomic E-state index is 0.0211. The monoisotopic (exact) mass is 285 g/mol. The van der Waals surface area contributed by atoms with Gasteiger partial charge in [0.25, 0.3) is 0 Å². The molecular weight excluding hydrogens is 267 g/mol. The first-order chi connectivity index (χ1) is 9.34. The van der Waals surface area contributed by atoms with Crippen LogP contribution < -0.4 is 0 Å². The Morgan fingerprint density at radius 2 is 2.15 bits per heavy atom. The average Bonchev–Trinajstić information content (AvgIpc) is 2.57. The molecule has 0 heterocycles. The molecule has 0 aromatic carbocycles. The van der Waals surface area contributed by atoms with Crippen LogP contribution in [0.5, 0.6) is 0 Å². The van der Waals surface area contributed by atoms with Crippen molar-refractivity contribution in [3.8, 4) is 0 Å². The summed E-state index contributed by atoms with van der Waals surface area (Å²) < 4.78 is 37.4. The Labute approximate surface area is 117 Å². The summed E-state index contributed by atoms with van der Waals surface area (Å²) in [6.45, 7) is 5.29. The normalized spacial score (nSPS) is 18.4. The third-order valence-corrected chi connectivity index (χ3v) is 2.86. The number of allylic oxidation sites excluding steroid dienone is 5. The maximum absolute atomic E-state index is 12.5. The molecule has 0 aromatic rings. The zero-order valence-corrected chi connectivity index (χ0v) is 11.4. The molecule has 0 aromatic heterocycles. The fraction of sp³-hybridized carbons (Fsp3) is 0.400.